The number of nitrogens with zero attached hydrogens (tertiary/aromatic N) is 2. The van der Waals surface area contributed by atoms with E-state index in [-0.39, 0.29) is 0 Å². The summed E-state index contributed by atoms with van der Waals surface area (Å²) in [6.45, 7) is 1.97. The second kappa shape index (κ2) is 3.63. The average molecular weight is 269 g/mol. The number of fused-ring (bicyclic) bond motifs is 1. The summed E-state index contributed by atoms with van der Waals surface area (Å²) in [5.41, 5.74) is 4.11. The van der Waals surface area contributed by atoms with Crippen LogP contribution in [0.15, 0.2) is 22.9 Å². The van der Waals surface area contributed by atoms with Crippen LogP contribution < -0.4 is 11.3 Å². The summed E-state index contributed by atoms with van der Waals surface area (Å²) in [5.74, 6) is 4.63. The van der Waals surface area contributed by atoms with Gasteiger partial charge in [-0.25, -0.2) is 10.8 Å². The van der Waals surface area contributed by atoms with Crippen LogP contribution in [0.2, 0.25) is 0 Å². The number of hydrazine groups is 1. The first-order valence-electron chi connectivity index (χ1n) is 4.27. The van der Waals surface area contributed by atoms with Crippen molar-refractivity contribution < 1.29 is 4.79 Å². The lowest BCUT2D eigenvalue weighted by molar-refractivity contribution is 0.0949. The van der Waals surface area contributed by atoms with E-state index in [1.54, 1.807) is 10.6 Å². The van der Waals surface area contributed by atoms with Gasteiger partial charge in [-0.2, -0.15) is 0 Å². The van der Waals surface area contributed by atoms with Gasteiger partial charge in [-0.05, 0) is 34.5 Å². The quantitative estimate of drug-likeness (QED) is 0.461. The SMILES string of the molecule is Cc1cc(Br)c2nc(C(=O)NN)cn2c1. The molecule has 0 aliphatic rings. The number of halogens is 1. The Hall–Kier alpha value is -1.40. The number of hydrogen-bond acceptors (Lipinski definition) is 3. The molecule has 0 aromatic carbocycles. The van der Waals surface area contributed by atoms with Gasteiger partial charge in [-0.3, -0.25) is 10.2 Å². The Morgan fingerprint density at radius 1 is 1.60 bits per heavy atom. The summed E-state index contributed by atoms with van der Waals surface area (Å²) >= 11 is 3.39. The predicted octanol–water partition coefficient (Wildman–Crippen LogP) is 1.01. The van der Waals surface area contributed by atoms with E-state index in [9.17, 15) is 4.79 Å². The van der Waals surface area contributed by atoms with Crippen LogP contribution in [0.1, 0.15) is 16.1 Å². The van der Waals surface area contributed by atoms with Crippen molar-refractivity contribution >= 4 is 27.5 Å². The molecule has 0 atom stereocenters. The number of rotatable bonds is 1. The van der Waals surface area contributed by atoms with Gasteiger partial charge >= 0.3 is 0 Å². The minimum absolute atomic E-state index is 0.295. The van der Waals surface area contributed by atoms with E-state index in [1.165, 1.54) is 0 Å². The van der Waals surface area contributed by atoms with Crippen LogP contribution >= 0.6 is 15.9 Å². The highest BCUT2D eigenvalue weighted by Gasteiger charge is 2.10. The van der Waals surface area contributed by atoms with Crippen molar-refractivity contribution in [2.45, 2.75) is 6.92 Å². The molecule has 2 aromatic heterocycles. The number of nitrogens with two attached hydrogens (primary N) is 1. The molecule has 2 rings (SSSR count). The monoisotopic (exact) mass is 268 g/mol. The summed E-state index contributed by atoms with van der Waals surface area (Å²) in [7, 11) is 0. The third-order valence-electron chi connectivity index (χ3n) is 2.01. The Morgan fingerprint density at radius 3 is 3.00 bits per heavy atom. The summed E-state index contributed by atoms with van der Waals surface area (Å²) in [4.78, 5) is 15.4. The molecular formula is C9H9BrN4O. The van der Waals surface area contributed by atoms with Crippen molar-refractivity contribution in [3.05, 3.63) is 34.2 Å². The lowest BCUT2D eigenvalue weighted by atomic mass is 10.3. The molecule has 0 radical (unpaired) electrons. The van der Waals surface area contributed by atoms with E-state index < -0.39 is 5.91 Å². The van der Waals surface area contributed by atoms with Gasteiger partial charge in [-0.1, -0.05) is 0 Å². The minimum Gasteiger partial charge on any atom is -0.305 e. The third kappa shape index (κ3) is 1.73. The Bertz CT molecular complexity index is 534. The number of carbonyl (C=O) groups is 1. The maximum Gasteiger partial charge on any atom is 0.285 e. The number of aromatic nitrogens is 2. The van der Waals surface area contributed by atoms with Crippen LogP contribution in [0.4, 0.5) is 0 Å². The summed E-state index contributed by atoms with van der Waals surface area (Å²) in [6, 6.07) is 1.94. The summed E-state index contributed by atoms with van der Waals surface area (Å²) in [5, 5.41) is 0. The number of nitrogen functional groups attached to an aromatic ring is 1. The van der Waals surface area contributed by atoms with Crippen molar-refractivity contribution in [3.8, 4) is 0 Å². The first-order chi connectivity index (χ1) is 7.11. The molecule has 0 saturated heterocycles. The van der Waals surface area contributed by atoms with Gasteiger partial charge in [0, 0.05) is 12.4 Å². The summed E-state index contributed by atoms with van der Waals surface area (Å²) in [6.07, 6.45) is 3.52. The largest absolute Gasteiger partial charge is 0.305 e. The van der Waals surface area contributed by atoms with Gasteiger partial charge < -0.3 is 4.40 Å². The Balaban J connectivity index is 2.65. The number of imidazole rings is 1. The molecule has 15 heavy (non-hydrogen) atoms. The number of amides is 1. The molecule has 2 heterocycles. The maximum atomic E-state index is 11.3. The van der Waals surface area contributed by atoms with Crippen molar-refractivity contribution in [2.24, 2.45) is 5.84 Å². The van der Waals surface area contributed by atoms with E-state index in [1.807, 2.05) is 24.6 Å². The highest BCUT2D eigenvalue weighted by molar-refractivity contribution is 9.10. The lowest BCUT2D eigenvalue weighted by Gasteiger charge is -1.97. The smallest absolute Gasteiger partial charge is 0.285 e. The number of carbonyl (C=O) groups excluding carboxylic acids is 1. The Labute approximate surface area is 94.4 Å². The standard InChI is InChI=1S/C9H9BrN4O/c1-5-2-6(10)8-12-7(9(15)13-11)4-14(8)3-5/h2-4H,11H2,1H3,(H,13,15). The molecule has 0 unspecified atom stereocenters. The molecule has 1 amide bonds. The number of aryl methyl sites for hydroxylation is 1. The highest BCUT2D eigenvalue weighted by Crippen LogP contribution is 2.19. The van der Waals surface area contributed by atoms with Crippen molar-refractivity contribution in [3.63, 3.8) is 0 Å². The molecule has 3 N–H and O–H groups in total. The second-order valence-corrected chi connectivity index (χ2v) is 4.05. The van der Waals surface area contributed by atoms with Crippen LogP contribution in [0.25, 0.3) is 5.65 Å². The maximum absolute atomic E-state index is 11.3. The lowest BCUT2D eigenvalue weighted by Crippen LogP contribution is -2.30. The Morgan fingerprint density at radius 2 is 2.33 bits per heavy atom. The zero-order valence-corrected chi connectivity index (χ0v) is 9.58. The van der Waals surface area contributed by atoms with Crippen molar-refractivity contribution in [1.82, 2.24) is 14.8 Å². The fraction of sp³-hybridized carbons (Fsp3) is 0.111. The van der Waals surface area contributed by atoms with Gasteiger partial charge in [0.25, 0.3) is 5.91 Å². The average Bonchev–Trinajstić information content (AvgIpc) is 2.60. The van der Waals surface area contributed by atoms with Gasteiger partial charge in [0.15, 0.2) is 5.65 Å². The number of pyridine rings is 1. The molecule has 6 heteroatoms. The van der Waals surface area contributed by atoms with Gasteiger partial charge in [0.05, 0.1) is 4.47 Å². The zero-order chi connectivity index (χ0) is 11.0. The molecule has 0 fully saturated rings. The van der Waals surface area contributed by atoms with E-state index in [0.29, 0.717) is 11.3 Å². The van der Waals surface area contributed by atoms with Gasteiger partial charge in [0.1, 0.15) is 5.69 Å². The van der Waals surface area contributed by atoms with Gasteiger partial charge in [-0.15, -0.1) is 0 Å². The molecule has 0 saturated carbocycles. The molecule has 5 nitrogen and oxygen atoms in total. The topological polar surface area (TPSA) is 72.4 Å². The Kier molecular flexibility index (Phi) is 2.45. The predicted molar refractivity (Wildman–Crippen MR) is 59.3 cm³/mol. The third-order valence-corrected chi connectivity index (χ3v) is 2.59. The summed E-state index contributed by atoms with van der Waals surface area (Å²) < 4.78 is 2.63. The van der Waals surface area contributed by atoms with Crippen molar-refractivity contribution in [2.75, 3.05) is 0 Å². The number of hydrogen-bond donors (Lipinski definition) is 2. The van der Waals surface area contributed by atoms with Crippen LogP contribution in [0, 0.1) is 6.92 Å². The highest BCUT2D eigenvalue weighted by atomic mass is 79.9. The van der Waals surface area contributed by atoms with E-state index in [2.05, 4.69) is 20.9 Å². The molecule has 2 aromatic rings. The molecule has 0 bridgehead atoms. The van der Waals surface area contributed by atoms with Crippen LogP contribution in [-0.4, -0.2) is 15.3 Å². The fourth-order valence-electron chi connectivity index (χ4n) is 1.37. The molecule has 0 spiro atoms. The van der Waals surface area contributed by atoms with E-state index in [0.717, 1.165) is 10.0 Å². The van der Waals surface area contributed by atoms with Gasteiger partial charge in [0.2, 0.25) is 0 Å². The second-order valence-electron chi connectivity index (χ2n) is 3.20. The normalized spacial score (nSPS) is 10.6. The van der Waals surface area contributed by atoms with Crippen LogP contribution in [0.5, 0.6) is 0 Å². The van der Waals surface area contributed by atoms with E-state index in [4.69, 9.17) is 5.84 Å². The van der Waals surface area contributed by atoms with Crippen LogP contribution in [-0.2, 0) is 0 Å². The molecule has 0 aliphatic carbocycles. The number of nitrogens with one attached hydrogen (secondary N) is 1. The minimum atomic E-state index is -0.400. The molecular weight excluding hydrogens is 260 g/mol. The fourth-order valence-corrected chi connectivity index (χ4v) is 2.03. The molecule has 0 aliphatic heterocycles. The zero-order valence-electron chi connectivity index (χ0n) is 7.99. The van der Waals surface area contributed by atoms with Crippen molar-refractivity contribution in [1.29, 1.82) is 0 Å². The first kappa shape index (κ1) is 10.1. The molecule has 78 valence electrons. The first-order valence-corrected chi connectivity index (χ1v) is 5.07. The van der Waals surface area contributed by atoms with E-state index >= 15 is 0 Å². The van der Waals surface area contributed by atoms with Crippen LogP contribution in [0.3, 0.4) is 0 Å².